The number of halogens is 1. The lowest BCUT2D eigenvalue weighted by Gasteiger charge is -2.32. The van der Waals surface area contributed by atoms with E-state index in [1.807, 2.05) is 34.6 Å². The zero-order valence-electron chi connectivity index (χ0n) is 14.5. The molecule has 0 spiro atoms. The summed E-state index contributed by atoms with van der Waals surface area (Å²) in [6.45, 7) is 10.3. The van der Waals surface area contributed by atoms with Gasteiger partial charge in [0.15, 0.2) is 0 Å². The van der Waals surface area contributed by atoms with Gasteiger partial charge in [-0.05, 0) is 45.7 Å². The number of benzene rings is 1. The van der Waals surface area contributed by atoms with Gasteiger partial charge in [-0.15, -0.1) is 0 Å². The van der Waals surface area contributed by atoms with Crippen LogP contribution in [0.5, 0.6) is 0 Å². The van der Waals surface area contributed by atoms with E-state index in [0.717, 1.165) is 12.0 Å². The molecule has 1 saturated heterocycles. The average Bonchev–Trinajstić information content (AvgIpc) is 2.67. The van der Waals surface area contributed by atoms with Gasteiger partial charge < -0.3 is 14.6 Å². The number of hydrogen-bond acceptors (Lipinski definition) is 3. The molecule has 2 rings (SSSR count). The fourth-order valence-corrected chi connectivity index (χ4v) is 2.37. The third-order valence-corrected chi connectivity index (χ3v) is 4.50. The molecule has 1 fully saturated rings. The summed E-state index contributed by atoms with van der Waals surface area (Å²) in [7, 11) is -0.765. The molecule has 0 aromatic heterocycles. The lowest BCUT2D eigenvalue weighted by atomic mass is 9.77. The predicted molar refractivity (Wildman–Crippen MR) is 89.1 cm³/mol. The maximum Gasteiger partial charge on any atom is 0.497 e. The van der Waals surface area contributed by atoms with Crippen LogP contribution in [0.4, 0.5) is 4.39 Å². The van der Waals surface area contributed by atoms with Crippen molar-refractivity contribution in [3.63, 3.8) is 0 Å². The molecule has 1 N–H and O–H groups in total. The molecule has 1 aromatic carbocycles. The van der Waals surface area contributed by atoms with Gasteiger partial charge in [0.1, 0.15) is 5.82 Å². The minimum Gasteiger partial charge on any atom is -0.399 e. The number of nitrogens with one attached hydrogen (secondary N) is 1. The average molecular weight is 321 g/mol. The molecule has 1 heterocycles. The first-order chi connectivity index (χ1) is 10.7. The van der Waals surface area contributed by atoms with E-state index in [4.69, 9.17) is 9.31 Å². The SMILES string of the molecule is CCCNC(=O)Cc1ccc(F)c(B2OC(C)(C)C(C)(C)O2)c1. The van der Waals surface area contributed by atoms with Crippen molar-refractivity contribution in [1.82, 2.24) is 5.32 Å². The van der Waals surface area contributed by atoms with Gasteiger partial charge in [-0.2, -0.15) is 0 Å². The van der Waals surface area contributed by atoms with E-state index in [1.54, 1.807) is 12.1 Å². The van der Waals surface area contributed by atoms with Crippen LogP contribution in [-0.4, -0.2) is 30.8 Å². The Morgan fingerprint density at radius 1 is 1.22 bits per heavy atom. The summed E-state index contributed by atoms with van der Waals surface area (Å²) >= 11 is 0. The molecule has 0 aliphatic carbocycles. The normalized spacial score (nSPS) is 19.0. The van der Waals surface area contributed by atoms with Crippen molar-refractivity contribution in [2.24, 2.45) is 0 Å². The number of rotatable bonds is 5. The number of hydrogen-bond donors (Lipinski definition) is 1. The Hall–Kier alpha value is -1.40. The molecule has 126 valence electrons. The summed E-state index contributed by atoms with van der Waals surface area (Å²) in [6.07, 6.45) is 1.10. The lowest BCUT2D eigenvalue weighted by Crippen LogP contribution is -2.41. The first-order valence-corrected chi connectivity index (χ1v) is 8.07. The Morgan fingerprint density at radius 3 is 2.39 bits per heavy atom. The highest BCUT2D eigenvalue weighted by atomic mass is 19.1. The van der Waals surface area contributed by atoms with Gasteiger partial charge in [-0.1, -0.05) is 19.1 Å². The van der Waals surface area contributed by atoms with E-state index < -0.39 is 18.3 Å². The highest BCUT2D eigenvalue weighted by Crippen LogP contribution is 2.36. The quantitative estimate of drug-likeness (QED) is 0.846. The highest BCUT2D eigenvalue weighted by Gasteiger charge is 2.52. The molecule has 23 heavy (non-hydrogen) atoms. The second-order valence-corrected chi connectivity index (χ2v) is 6.97. The Bertz CT molecular complexity index is 573. The molecular formula is C17H25BFNO3. The van der Waals surface area contributed by atoms with Crippen molar-refractivity contribution in [3.05, 3.63) is 29.6 Å². The van der Waals surface area contributed by atoms with Gasteiger partial charge in [0.2, 0.25) is 5.91 Å². The molecule has 6 heteroatoms. The van der Waals surface area contributed by atoms with Crippen LogP contribution in [0.15, 0.2) is 18.2 Å². The minimum absolute atomic E-state index is 0.0710. The maximum absolute atomic E-state index is 14.2. The minimum atomic E-state index is -0.765. The van der Waals surface area contributed by atoms with E-state index in [9.17, 15) is 9.18 Å². The van der Waals surface area contributed by atoms with Crippen molar-refractivity contribution < 1.29 is 18.5 Å². The van der Waals surface area contributed by atoms with Crippen molar-refractivity contribution in [2.75, 3.05) is 6.54 Å². The standard InChI is InChI=1S/C17H25BFNO3/c1-6-9-20-15(21)11-12-7-8-14(19)13(10-12)18-22-16(2,3)17(4,5)23-18/h7-8,10H,6,9,11H2,1-5H3,(H,20,21). The molecule has 0 bridgehead atoms. The van der Waals surface area contributed by atoms with Crippen LogP contribution >= 0.6 is 0 Å². The fraction of sp³-hybridized carbons (Fsp3) is 0.588. The van der Waals surface area contributed by atoms with Crippen LogP contribution in [0, 0.1) is 5.82 Å². The summed E-state index contributed by atoms with van der Waals surface area (Å²) in [5.41, 5.74) is 0.0196. The highest BCUT2D eigenvalue weighted by molar-refractivity contribution is 6.62. The second kappa shape index (κ2) is 6.61. The largest absolute Gasteiger partial charge is 0.497 e. The Labute approximate surface area is 137 Å². The van der Waals surface area contributed by atoms with Crippen LogP contribution < -0.4 is 10.8 Å². The topological polar surface area (TPSA) is 47.6 Å². The number of carbonyl (C=O) groups is 1. The van der Waals surface area contributed by atoms with Crippen LogP contribution in [0.25, 0.3) is 0 Å². The molecule has 0 saturated carbocycles. The van der Waals surface area contributed by atoms with E-state index in [0.29, 0.717) is 12.0 Å². The van der Waals surface area contributed by atoms with E-state index >= 15 is 0 Å². The fourth-order valence-electron chi connectivity index (χ4n) is 2.37. The zero-order valence-corrected chi connectivity index (χ0v) is 14.5. The molecule has 1 amide bonds. The first-order valence-electron chi connectivity index (χ1n) is 8.07. The van der Waals surface area contributed by atoms with Crippen LogP contribution in [-0.2, 0) is 20.5 Å². The van der Waals surface area contributed by atoms with E-state index in [1.165, 1.54) is 6.07 Å². The van der Waals surface area contributed by atoms with Crippen molar-refractivity contribution in [1.29, 1.82) is 0 Å². The molecular weight excluding hydrogens is 296 g/mol. The summed E-state index contributed by atoms with van der Waals surface area (Å²) in [4.78, 5) is 11.8. The molecule has 4 nitrogen and oxygen atoms in total. The summed E-state index contributed by atoms with van der Waals surface area (Å²) < 4.78 is 26.0. The third-order valence-electron chi connectivity index (χ3n) is 4.50. The predicted octanol–water partition coefficient (Wildman–Crippen LogP) is 2.19. The Balaban J connectivity index is 2.17. The number of carbonyl (C=O) groups excluding carboxylic acids is 1. The third kappa shape index (κ3) is 3.93. The smallest absolute Gasteiger partial charge is 0.399 e. The lowest BCUT2D eigenvalue weighted by molar-refractivity contribution is -0.120. The Morgan fingerprint density at radius 2 is 1.83 bits per heavy atom. The maximum atomic E-state index is 14.2. The van der Waals surface area contributed by atoms with Crippen LogP contribution in [0.3, 0.4) is 0 Å². The number of amides is 1. The van der Waals surface area contributed by atoms with Crippen LogP contribution in [0.2, 0.25) is 0 Å². The van der Waals surface area contributed by atoms with E-state index in [2.05, 4.69) is 5.32 Å². The second-order valence-electron chi connectivity index (χ2n) is 6.97. The van der Waals surface area contributed by atoms with Crippen molar-refractivity contribution in [2.45, 2.75) is 58.7 Å². The molecule has 0 atom stereocenters. The van der Waals surface area contributed by atoms with Crippen molar-refractivity contribution >= 4 is 18.5 Å². The molecule has 1 aliphatic heterocycles. The monoisotopic (exact) mass is 321 g/mol. The van der Waals surface area contributed by atoms with Gasteiger partial charge >= 0.3 is 7.12 Å². The van der Waals surface area contributed by atoms with Gasteiger partial charge in [0, 0.05) is 12.0 Å². The van der Waals surface area contributed by atoms with E-state index in [-0.39, 0.29) is 18.1 Å². The molecule has 1 aromatic rings. The Kier molecular flexibility index (Phi) is 5.16. The molecule has 0 radical (unpaired) electrons. The molecule has 1 aliphatic rings. The zero-order chi connectivity index (χ0) is 17.3. The summed E-state index contributed by atoms with van der Waals surface area (Å²) in [5.74, 6) is -0.459. The summed E-state index contributed by atoms with van der Waals surface area (Å²) in [5, 5.41) is 2.82. The van der Waals surface area contributed by atoms with Crippen molar-refractivity contribution in [3.8, 4) is 0 Å². The van der Waals surface area contributed by atoms with Gasteiger partial charge in [0.25, 0.3) is 0 Å². The van der Waals surface area contributed by atoms with Gasteiger partial charge in [-0.25, -0.2) is 4.39 Å². The first kappa shape index (κ1) is 18.0. The van der Waals surface area contributed by atoms with Gasteiger partial charge in [-0.3, -0.25) is 4.79 Å². The molecule has 0 unspecified atom stereocenters. The van der Waals surface area contributed by atoms with Crippen LogP contribution in [0.1, 0.15) is 46.6 Å². The van der Waals surface area contributed by atoms with Gasteiger partial charge in [0.05, 0.1) is 17.6 Å². The summed E-state index contributed by atoms with van der Waals surface area (Å²) in [6, 6.07) is 4.64.